The van der Waals surface area contributed by atoms with Crippen LogP contribution in [0.3, 0.4) is 0 Å². The molecule has 0 bridgehead atoms. The van der Waals surface area contributed by atoms with E-state index in [4.69, 9.17) is 4.74 Å². The third-order valence-electron chi connectivity index (χ3n) is 2.81. The zero-order valence-electron chi connectivity index (χ0n) is 8.66. The van der Waals surface area contributed by atoms with Gasteiger partial charge in [0.1, 0.15) is 0 Å². The number of nitrogens with zero attached hydrogens (tertiary/aromatic N) is 1. The third kappa shape index (κ3) is 1.87. The monoisotopic (exact) mass is 192 g/mol. The second kappa shape index (κ2) is 3.96. The topological polar surface area (TPSA) is 34.1 Å². The molecule has 0 aromatic carbocycles. The molecule has 1 aromatic heterocycles. The van der Waals surface area contributed by atoms with Crippen LogP contribution in [0.25, 0.3) is 0 Å². The first-order chi connectivity index (χ1) is 6.79. The van der Waals surface area contributed by atoms with Crippen molar-refractivity contribution in [1.29, 1.82) is 0 Å². The van der Waals surface area contributed by atoms with E-state index in [9.17, 15) is 0 Å². The van der Waals surface area contributed by atoms with Crippen LogP contribution in [0, 0.1) is 6.92 Å². The van der Waals surface area contributed by atoms with E-state index in [1.165, 1.54) is 11.3 Å². The molecule has 1 fully saturated rings. The number of ether oxygens (including phenoxy) is 1. The molecule has 76 valence electrons. The Bertz CT molecular complexity index is 308. The van der Waals surface area contributed by atoms with Crippen molar-refractivity contribution in [2.24, 2.45) is 0 Å². The van der Waals surface area contributed by atoms with Crippen molar-refractivity contribution in [1.82, 2.24) is 4.98 Å². The summed E-state index contributed by atoms with van der Waals surface area (Å²) in [6, 6.07) is 2.59. The van der Waals surface area contributed by atoms with Gasteiger partial charge in [0, 0.05) is 31.2 Å². The Morgan fingerprint density at radius 2 is 2.29 bits per heavy atom. The Morgan fingerprint density at radius 3 is 2.93 bits per heavy atom. The molecule has 0 atom stereocenters. The summed E-state index contributed by atoms with van der Waals surface area (Å²) in [7, 11) is 1.78. The first-order valence-electron chi connectivity index (χ1n) is 4.99. The molecule has 1 aliphatic carbocycles. The smallest absolute Gasteiger partial charge is 0.0610 e. The molecular formula is C11H16N2O. The summed E-state index contributed by atoms with van der Waals surface area (Å²) < 4.78 is 5.23. The Labute approximate surface area is 84.5 Å². The molecule has 2 rings (SSSR count). The Morgan fingerprint density at radius 1 is 1.50 bits per heavy atom. The van der Waals surface area contributed by atoms with Gasteiger partial charge in [-0.1, -0.05) is 0 Å². The van der Waals surface area contributed by atoms with E-state index >= 15 is 0 Å². The number of rotatable bonds is 3. The van der Waals surface area contributed by atoms with Crippen molar-refractivity contribution in [3.63, 3.8) is 0 Å². The van der Waals surface area contributed by atoms with E-state index in [2.05, 4.69) is 17.2 Å². The molecule has 3 heteroatoms. The molecule has 0 spiro atoms. The zero-order valence-corrected chi connectivity index (χ0v) is 8.66. The second-order valence-electron chi connectivity index (χ2n) is 3.86. The minimum atomic E-state index is 0.453. The highest BCUT2D eigenvalue weighted by Gasteiger charge is 2.28. The fourth-order valence-electron chi connectivity index (χ4n) is 1.73. The van der Waals surface area contributed by atoms with E-state index in [0.29, 0.717) is 12.1 Å². The van der Waals surface area contributed by atoms with Gasteiger partial charge in [0.25, 0.3) is 0 Å². The number of aromatic nitrogens is 1. The lowest BCUT2D eigenvalue weighted by molar-refractivity contribution is 0.0328. The Hall–Kier alpha value is -1.09. The van der Waals surface area contributed by atoms with Crippen molar-refractivity contribution in [3.05, 3.63) is 24.0 Å². The van der Waals surface area contributed by atoms with Gasteiger partial charge in [-0.15, -0.1) is 0 Å². The average molecular weight is 192 g/mol. The van der Waals surface area contributed by atoms with Crippen LogP contribution in [0.1, 0.15) is 18.4 Å². The van der Waals surface area contributed by atoms with E-state index in [0.717, 1.165) is 12.8 Å². The Kier molecular flexibility index (Phi) is 2.68. The molecule has 0 unspecified atom stereocenters. The van der Waals surface area contributed by atoms with Crippen molar-refractivity contribution in [2.75, 3.05) is 12.4 Å². The third-order valence-corrected chi connectivity index (χ3v) is 2.81. The van der Waals surface area contributed by atoms with Crippen molar-refractivity contribution in [2.45, 2.75) is 31.9 Å². The van der Waals surface area contributed by atoms with E-state index in [1.54, 1.807) is 7.11 Å². The van der Waals surface area contributed by atoms with Crippen LogP contribution >= 0.6 is 0 Å². The maximum atomic E-state index is 5.23. The summed E-state index contributed by atoms with van der Waals surface area (Å²) in [4.78, 5) is 4.06. The molecular weight excluding hydrogens is 176 g/mol. The summed E-state index contributed by atoms with van der Waals surface area (Å²) in [5, 5.41) is 3.49. The second-order valence-corrected chi connectivity index (χ2v) is 3.86. The summed E-state index contributed by atoms with van der Waals surface area (Å²) in [6.07, 6.45) is 6.38. The minimum Gasteiger partial charge on any atom is -0.382 e. The van der Waals surface area contributed by atoms with Gasteiger partial charge in [-0.05, 0) is 31.4 Å². The number of hydrogen-bond donors (Lipinski definition) is 1. The van der Waals surface area contributed by atoms with Gasteiger partial charge in [0.15, 0.2) is 0 Å². The molecule has 3 nitrogen and oxygen atoms in total. The predicted molar refractivity (Wildman–Crippen MR) is 56.4 cm³/mol. The number of pyridine rings is 1. The first kappa shape index (κ1) is 9.46. The van der Waals surface area contributed by atoms with Crippen molar-refractivity contribution < 1.29 is 4.74 Å². The molecule has 0 amide bonds. The SMILES string of the molecule is COC1CC(Nc2ccncc2C)C1. The lowest BCUT2D eigenvalue weighted by atomic mass is 9.89. The molecule has 1 aromatic rings. The number of aryl methyl sites for hydroxylation is 1. The highest BCUT2D eigenvalue weighted by Crippen LogP contribution is 2.27. The van der Waals surface area contributed by atoms with Gasteiger partial charge >= 0.3 is 0 Å². The summed E-state index contributed by atoms with van der Waals surface area (Å²) >= 11 is 0. The number of methoxy groups -OCH3 is 1. The molecule has 0 radical (unpaired) electrons. The van der Waals surface area contributed by atoms with Gasteiger partial charge < -0.3 is 10.1 Å². The van der Waals surface area contributed by atoms with Gasteiger partial charge in [-0.3, -0.25) is 4.98 Å². The maximum absolute atomic E-state index is 5.23. The molecule has 1 aliphatic rings. The quantitative estimate of drug-likeness (QED) is 0.795. The summed E-state index contributed by atoms with van der Waals surface area (Å²) in [5.41, 5.74) is 2.40. The molecule has 0 saturated heterocycles. The fourth-order valence-corrected chi connectivity index (χ4v) is 1.73. The zero-order chi connectivity index (χ0) is 9.97. The maximum Gasteiger partial charge on any atom is 0.0610 e. The van der Waals surface area contributed by atoms with Crippen LogP contribution in [0.5, 0.6) is 0 Å². The Balaban J connectivity index is 1.90. The summed E-state index contributed by atoms with van der Waals surface area (Å²) in [6.45, 7) is 2.07. The van der Waals surface area contributed by atoms with E-state index in [1.807, 2.05) is 18.5 Å². The first-order valence-corrected chi connectivity index (χ1v) is 4.99. The van der Waals surface area contributed by atoms with E-state index in [-0.39, 0.29) is 0 Å². The molecule has 14 heavy (non-hydrogen) atoms. The average Bonchev–Trinajstić information content (AvgIpc) is 2.13. The van der Waals surface area contributed by atoms with Crippen LogP contribution in [0.2, 0.25) is 0 Å². The van der Waals surface area contributed by atoms with Crippen LogP contribution in [0.15, 0.2) is 18.5 Å². The van der Waals surface area contributed by atoms with E-state index < -0.39 is 0 Å². The summed E-state index contributed by atoms with van der Waals surface area (Å²) in [5.74, 6) is 0. The van der Waals surface area contributed by atoms with Gasteiger partial charge in [-0.25, -0.2) is 0 Å². The van der Waals surface area contributed by atoms with Crippen LogP contribution in [-0.4, -0.2) is 24.2 Å². The van der Waals surface area contributed by atoms with Crippen LogP contribution in [-0.2, 0) is 4.74 Å². The number of nitrogens with one attached hydrogen (secondary N) is 1. The molecule has 1 saturated carbocycles. The number of hydrogen-bond acceptors (Lipinski definition) is 3. The largest absolute Gasteiger partial charge is 0.382 e. The standard InChI is InChI=1S/C11H16N2O/c1-8-7-12-4-3-11(8)13-9-5-10(6-9)14-2/h3-4,7,9-10H,5-6H2,1-2H3,(H,12,13). The molecule has 1 N–H and O–H groups in total. The van der Waals surface area contributed by atoms with Gasteiger partial charge in [0.2, 0.25) is 0 Å². The van der Waals surface area contributed by atoms with Crippen molar-refractivity contribution >= 4 is 5.69 Å². The minimum absolute atomic E-state index is 0.453. The number of anilines is 1. The van der Waals surface area contributed by atoms with Crippen molar-refractivity contribution in [3.8, 4) is 0 Å². The normalized spacial score (nSPS) is 25.6. The lowest BCUT2D eigenvalue weighted by Gasteiger charge is -2.35. The molecule has 1 heterocycles. The predicted octanol–water partition coefficient (Wildman–Crippen LogP) is 1.98. The highest BCUT2D eigenvalue weighted by atomic mass is 16.5. The van der Waals surface area contributed by atoms with Crippen LogP contribution in [0.4, 0.5) is 5.69 Å². The van der Waals surface area contributed by atoms with Crippen LogP contribution < -0.4 is 5.32 Å². The molecule has 0 aliphatic heterocycles. The fraction of sp³-hybridized carbons (Fsp3) is 0.545. The highest BCUT2D eigenvalue weighted by molar-refractivity contribution is 5.49. The lowest BCUT2D eigenvalue weighted by Crippen LogP contribution is -2.40. The van der Waals surface area contributed by atoms with Gasteiger partial charge in [-0.2, -0.15) is 0 Å². The van der Waals surface area contributed by atoms with Gasteiger partial charge in [0.05, 0.1) is 6.10 Å².